The fourth-order valence-electron chi connectivity index (χ4n) is 7.86. The maximum atomic E-state index is 13.9. The lowest BCUT2D eigenvalue weighted by Crippen LogP contribution is -2.49. The van der Waals surface area contributed by atoms with Gasteiger partial charge in [0.05, 0.1) is 23.0 Å². The summed E-state index contributed by atoms with van der Waals surface area (Å²) in [6.07, 6.45) is 13.7. The minimum absolute atomic E-state index is 0.0215. The number of hydrogen-bond donors (Lipinski definition) is 1. The fraction of sp³-hybridized carbons (Fsp3) is 0.375. The molecule has 8 rings (SSSR count). The molecule has 2 aromatic carbocycles. The number of benzene rings is 2. The Morgan fingerprint density at radius 1 is 0.892 bits per heavy atom. The molecule has 0 saturated heterocycles. The van der Waals surface area contributed by atoms with E-state index in [2.05, 4.69) is 53.2 Å². The van der Waals surface area contributed by atoms with E-state index in [1.54, 1.807) is 0 Å². The molecule has 4 aliphatic carbocycles. The van der Waals surface area contributed by atoms with Gasteiger partial charge in [0, 0.05) is 29.7 Å². The Kier molecular flexibility index (Phi) is 5.35. The van der Waals surface area contributed by atoms with Crippen molar-refractivity contribution in [2.75, 3.05) is 0 Å². The van der Waals surface area contributed by atoms with E-state index in [-0.39, 0.29) is 17.4 Å². The van der Waals surface area contributed by atoms with Crippen molar-refractivity contribution in [1.29, 1.82) is 0 Å². The van der Waals surface area contributed by atoms with Crippen molar-refractivity contribution in [3.05, 3.63) is 102 Å². The molecule has 1 atom stereocenters. The van der Waals surface area contributed by atoms with Crippen molar-refractivity contribution in [3.63, 3.8) is 0 Å². The normalized spacial score (nSPS) is 26.8. The highest BCUT2D eigenvalue weighted by Crippen LogP contribution is 2.60. The van der Waals surface area contributed by atoms with Crippen LogP contribution in [0.25, 0.3) is 11.4 Å². The van der Waals surface area contributed by atoms with E-state index in [4.69, 9.17) is 5.10 Å². The lowest BCUT2D eigenvalue weighted by Gasteiger charge is -2.56. The maximum Gasteiger partial charge on any atom is 0.255 e. The van der Waals surface area contributed by atoms with E-state index in [0.717, 1.165) is 45.9 Å². The first kappa shape index (κ1) is 22.6. The molecule has 2 heterocycles. The van der Waals surface area contributed by atoms with Crippen molar-refractivity contribution < 1.29 is 4.79 Å². The van der Waals surface area contributed by atoms with Crippen LogP contribution in [0.15, 0.2) is 85.3 Å². The number of rotatable bonds is 6. The maximum absolute atomic E-state index is 13.9. The van der Waals surface area contributed by atoms with E-state index in [0.29, 0.717) is 0 Å². The predicted octanol–water partition coefficient (Wildman–Crippen LogP) is 6.62. The molecule has 4 bridgehead atoms. The number of nitrogens with zero attached hydrogens (tertiary/aromatic N) is 3. The van der Waals surface area contributed by atoms with Crippen molar-refractivity contribution in [3.8, 4) is 11.4 Å². The van der Waals surface area contributed by atoms with Gasteiger partial charge in [0.15, 0.2) is 0 Å². The van der Waals surface area contributed by atoms with Crippen LogP contribution in [0.3, 0.4) is 0 Å². The van der Waals surface area contributed by atoms with Crippen LogP contribution < -0.4 is 5.32 Å². The number of hydrogen-bond acceptors (Lipinski definition) is 2. The van der Waals surface area contributed by atoms with Crippen LogP contribution in [0.4, 0.5) is 0 Å². The van der Waals surface area contributed by atoms with Crippen molar-refractivity contribution >= 4 is 5.91 Å². The summed E-state index contributed by atoms with van der Waals surface area (Å²) in [5, 5.41) is 8.49. The van der Waals surface area contributed by atoms with Crippen molar-refractivity contribution in [2.45, 2.75) is 56.9 Å². The van der Waals surface area contributed by atoms with Gasteiger partial charge >= 0.3 is 0 Å². The third kappa shape index (κ3) is 4.01. The van der Waals surface area contributed by atoms with E-state index in [1.807, 2.05) is 53.6 Å². The molecule has 4 saturated carbocycles. The van der Waals surface area contributed by atoms with E-state index in [9.17, 15) is 4.79 Å². The first-order valence-corrected chi connectivity index (χ1v) is 13.8. The van der Waals surface area contributed by atoms with Crippen LogP contribution in [0.5, 0.6) is 0 Å². The molecule has 2 aromatic heterocycles. The SMILES string of the molecule is CC(NC(=O)c1cn(-c2ccccc2)nc1C12CC3CC(CC(C3)C1)C2)c1cccc(-n2cccc2)c1. The summed E-state index contributed by atoms with van der Waals surface area (Å²) >= 11 is 0. The molecule has 1 unspecified atom stereocenters. The quantitative estimate of drug-likeness (QED) is 0.330. The van der Waals surface area contributed by atoms with Gasteiger partial charge in [-0.2, -0.15) is 5.10 Å². The van der Waals surface area contributed by atoms with E-state index in [1.165, 1.54) is 38.5 Å². The van der Waals surface area contributed by atoms with Crippen molar-refractivity contribution in [2.24, 2.45) is 17.8 Å². The van der Waals surface area contributed by atoms with E-state index >= 15 is 0 Å². The average molecular weight is 491 g/mol. The number of aromatic nitrogens is 3. The summed E-state index contributed by atoms with van der Waals surface area (Å²) in [7, 11) is 0. The fourth-order valence-corrected chi connectivity index (χ4v) is 7.86. The Balaban J connectivity index is 1.23. The van der Waals surface area contributed by atoms with Crippen LogP contribution in [0, 0.1) is 17.8 Å². The Labute approximate surface area is 218 Å². The second kappa shape index (κ2) is 8.76. The number of carbonyl (C=O) groups excluding carboxylic acids is 1. The molecule has 1 N–H and O–H groups in total. The number of amides is 1. The molecule has 4 aromatic rings. The molecule has 0 aliphatic heterocycles. The largest absolute Gasteiger partial charge is 0.345 e. The topological polar surface area (TPSA) is 51.9 Å². The molecule has 37 heavy (non-hydrogen) atoms. The molecule has 4 aliphatic rings. The zero-order valence-corrected chi connectivity index (χ0v) is 21.4. The van der Waals surface area contributed by atoms with Crippen LogP contribution in [0.1, 0.15) is 73.1 Å². The van der Waals surface area contributed by atoms with Crippen LogP contribution in [-0.2, 0) is 5.41 Å². The van der Waals surface area contributed by atoms with Crippen LogP contribution in [-0.4, -0.2) is 20.3 Å². The lowest BCUT2D eigenvalue weighted by atomic mass is 9.48. The standard InChI is InChI=1S/C32H34N4O/c1-22(26-8-7-11-28(17-26)35-12-5-6-13-35)33-31(37)29-21-36(27-9-3-2-4-10-27)34-30(29)32-18-23-14-24(19-32)16-25(15-23)20-32/h2-13,17,21-25H,14-16,18-20H2,1H3,(H,33,37). The van der Waals surface area contributed by atoms with Gasteiger partial charge in [-0.25, -0.2) is 4.68 Å². The van der Waals surface area contributed by atoms with Crippen LogP contribution >= 0.6 is 0 Å². The summed E-state index contributed by atoms with van der Waals surface area (Å²) in [5.74, 6) is 2.35. The summed E-state index contributed by atoms with van der Waals surface area (Å²) in [5.41, 5.74) is 5.00. The third-order valence-corrected chi connectivity index (χ3v) is 9.14. The Bertz CT molecular complexity index is 1380. The average Bonchev–Trinajstić information content (AvgIpc) is 3.60. The summed E-state index contributed by atoms with van der Waals surface area (Å²) in [6.45, 7) is 2.07. The molecule has 5 nitrogen and oxygen atoms in total. The predicted molar refractivity (Wildman–Crippen MR) is 145 cm³/mol. The Morgan fingerprint density at radius 2 is 1.54 bits per heavy atom. The highest BCUT2D eigenvalue weighted by atomic mass is 16.1. The van der Waals surface area contributed by atoms with Gasteiger partial charge in [-0.3, -0.25) is 4.79 Å². The smallest absolute Gasteiger partial charge is 0.255 e. The lowest BCUT2D eigenvalue weighted by molar-refractivity contribution is -0.00771. The first-order valence-electron chi connectivity index (χ1n) is 13.8. The second-order valence-corrected chi connectivity index (χ2v) is 11.7. The molecule has 0 radical (unpaired) electrons. The molecular weight excluding hydrogens is 456 g/mol. The number of para-hydroxylation sites is 1. The van der Waals surface area contributed by atoms with Gasteiger partial charge in [-0.15, -0.1) is 0 Å². The van der Waals surface area contributed by atoms with E-state index < -0.39 is 0 Å². The molecule has 188 valence electrons. The van der Waals surface area contributed by atoms with Gasteiger partial charge in [-0.05, 0) is 105 Å². The van der Waals surface area contributed by atoms with Gasteiger partial charge < -0.3 is 9.88 Å². The highest BCUT2D eigenvalue weighted by molar-refractivity contribution is 5.96. The first-order chi connectivity index (χ1) is 18.1. The molecule has 5 heteroatoms. The van der Waals surface area contributed by atoms with Gasteiger partial charge in [0.1, 0.15) is 0 Å². The van der Waals surface area contributed by atoms with Gasteiger partial charge in [-0.1, -0.05) is 30.3 Å². The third-order valence-electron chi connectivity index (χ3n) is 9.14. The van der Waals surface area contributed by atoms with Gasteiger partial charge in [0.2, 0.25) is 0 Å². The highest BCUT2D eigenvalue weighted by Gasteiger charge is 2.54. The van der Waals surface area contributed by atoms with Gasteiger partial charge in [0.25, 0.3) is 5.91 Å². The number of carbonyl (C=O) groups is 1. The number of nitrogens with one attached hydrogen (secondary N) is 1. The molecule has 1 amide bonds. The Morgan fingerprint density at radius 3 is 2.22 bits per heavy atom. The zero-order chi connectivity index (χ0) is 25.0. The minimum atomic E-state index is -0.118. The molecular formula is C32H34N4O. The van der Waals surface area contributed by atoms with Crippen LogP contribution in [0.2, 0.25) is 0 Å². The monoisotopic (exact) mass is 490 g/mol. The second-order valence-electron chi connectivity index (χ2n) is 11.7. The summed E-state index contributed by atoms with van der Waals surface area (Å²) in [4.78, 5) is 13.9. The summed E-state index contributed by atoms with van der Waals surface area (Å²) < 4.78 is 4.02. The Hall–Kier alpha value is -3.60. The molecule has 0 spiro atoms. The zero-order valence-electron chi connectivity index (χ0n) is 21.4. The molecule has 4 fully saturated rings. The van der Waals surface area contributed by atoms with Crippen molar-refractivity contribution in [1.82, 2.24) is 19.7 Å². The minimum Gasteiger partial charge on any atom is -0.345 e. The summed E-state index contributed by atoms with van der Waals surface area (Å²) in [6, 6.07) is 22.5.